The molecule has 4 unspecified atom stereocenters. The molecule has 0 radical (unpaired) electrons. The zero-order valence-electron chi connectivity index (χ0n) is 8.85. The van der Waals surface area contributed by atoms with Gasteiger partial charge in [-0.1, -0.05) is 6.42 Å². The molecule has 2 aliphatic rings. The van der Waals surface area contributed by atoms with E-state index in [-0.39, 0.29) is 25.0 Å². The van der Waals surface area contributed by atoms with Gasteiger partial charge >= 0.3 is 0 Å². The second-order valence-electron chi connectivity index (χ2n) is 4.86. The Kier molecular flexibility index (Phi) is 3.26. The Bertz CT molecular complexity index is 244. The van der Waals surface area contributed by atoms with Crippen molar-refractivity contribution in [2.45, 2.75) is 31.8 Å². The normalized spacial score (nSPS) is 35.5. The molecule has 2 saturated carbocycles. The van der Waals surface area contributed by atoms with Gasteiger partial charge in [0, 0.05) is 12.5 Å². The van der Waals surface area contributed by atoms with Gasteiger partial charge in [0.25, 0.3) is 0 Å². The number of carbonyl (C=O) groups excluding carboxylic acids is 1. The molecule has 0 spiro atoms. The zero-order valence-corrected chi connectivity index (χ0v) is 8.85. The molecule has 0 heterocycles. The van der Waals surface area contributed by atoms with Gasteiger partial charge in [0.15, 0.2) is 0 Å². The number of hydrogen-bond acceptors (Lipinski definition) is 3. The second-order valence-corrected chi connectivity index (χ2v) is 4.86. The van der Waals surface area contributed by atoms with Gasteiger partial charge in [0.05, 0.1) is 12.7 Å². The number of aliphatic hydroxyl groups excluding tert-OH is 2. The lowest BCUT2D eigenvalue weighted by Gasteiger charge is -2.21. The quantitative estimate of drug-likeness (QED) is 0.610. The van der Waals surface area contributed by atoms with Crippen LogP contribution >= 0.6 is 0 Å². The molecule has 2 aliphatic carbocycles. The maximum Gasteiger partial charge on any atom is 0.223 e. The SMILES string of the molecule is O=C(NCC(O)CO)C1CC2CCC1C2. The predicted molar refractivity (Wildman–Crippen MR) is 55.0 cm³/mol. The van der Waals surface area contributed by atoms with Crippen molar-refractivity contribution in [2.75, 3.05) is 13.2 Å². The molecule has 15 heavy (non-hydrogen) atoms. The Morgan fingerprint density at radius 2 is 2.20 bits per heavy atom. The molecule has 4 heteroatoms. The van der Waals surface area contributed by atoms with E-state index in [4.69, 9.17) is 10.2 Å². The van der Waals surface area contributed by atoms with E-state index in [2.05, 4.69) is 5.32 Å². The van der Waals surface area contributed by atoms with Crippen LogP contribution in [0.15, 0.2) is 0 Å². The van der Waals surface area contributed by atoms with Crippen molar-refractivity contribution >= 4 is 5.91 Å². The zero-order chi connectivity index (χ0) is 10.8. The molecule has 0 aromatic carbocycles. The highest BCUT2D eigenvalue weighted by molar-refractivity contribution is 5.79. The van der Waals surface area contributed by atoms with Crippen LogP contribution < -0.4 is 5.32 Å². The molecule has 2 bridgehead atoms. The summed E-state index contributed by atoms with van der Waals surface area (Å²) in [6.45, 7) is -0.125. The van der Waals surface area contributed by atoms with E-state index in [0.29, 0.717) is 5.92 Å². The average Bonchev–Trinajstić information content (AvgIpc) is 2.86. The fourth-order valence-electron chi connectivity index (χ4n) is 2.98. The standard InChI is InChI=1S/C11H19NO3/c13-6-9(14)5-12-11(15)10-4-7-1-2-8(10)3-7/h7-10,13-14H,1-6H2,(H,12,15). The highest BCUT2D eigenvalue weighted by Gasteiger charge is 2.42. The molecule has 2 rings (SSSR count). The summed E-state index contributed by atoms with van der Waals surface area (Å²) < 4.78 is 0. The Labute approximate surface area is 89.7 Å². The monoisotopic (exact) mass is 213 g/mol. The fraction of sp³-hybridized carbons (Fsp3) is 0.909. The highest BCUT2D eigenvalue weighted by atomic mass is 16.3. The molecule has 0 saturated heterocycles. The summed E-state index contributed by atoms with van der Waals surface area (Å²) in [6, 6.07) is 0. The molecule has 0 aromatic heterocycles. The van der Waals surface area contributed by atoms with E-state index in [0.717, 1.165) is 12.3 Å². The minimum Gasteiger partial charge on any atom is -0.394 e. The Morgan fingerprint density at radius 1 is 1.40 bits per heavy atom. The molecule has 4 nitrogen and oxygen atoms in total. The van der Waals surface area contributed by atoms with Crippen LogP contribution in [0, 0.1) is 17.8 Å². The molecule has 1 amide bonds. The van der Waals surface area contributed by atoms with Crippen LogP contribution in [0.1, 0.15) is 25.7 Å². The van der Waals surface area contributed by atoms with Gasteiger partial charge in [-0.3, -0.25) is 4.79 Å². The lowest BCUT2D eigenvalue weighted by atomic mass is 9.88. The highest BCUT2D eigenvalue weighted by Crippen LogP contribution is 2.48. The maximum atomic E-state index is 11.8. The second kappa shape index (κ2) is 4.49. The van der Waals surface area contributed by atoms with Crippen molar-refractivity contribution < 1.29 is 15.0 Å². The van der Waals surface area contributed by atoms with Crippen molar-refractivity contribution in [3.05, 3.63) is 0 Å². The van der Waals surface area contributed by atoms with E-state index < -0.39 is 6.10 Å². The molecule has 0 aliphatic heterocycles. The van der Waals surface area contributed by atoms with Crippen molar-refractivity contribution in [3.8, 4) is 0 Å². The van der Waals surface area contributed by atoms with Crippen LogP contribution in [0.2, 0.25) is 0 Å². The summed E-state index contributed by atoms with van der Waals surface area (Å²) >= 11 is 0. The van der Waals surface area contributed by atoms with Gasteiger partial charge in [-0.2, -0.15) is 0 Å². The Balaban J connectivity index is 1.77. The van der Waals surface area contributed by atoms with Crippen molar-refractivity contribution in [1.29, 1.82) is 0 Å². The molecule has 4 atom stereocenters. The van der Waals surface area contributed by atoms with Crippen LogP contribution in [0.5, 0.6) is 0 Å². The Morgan fingerprint density at radius 3 is 2.73 bits per heavy atom. The van der Waals surface area contributed by atoms with Crippen LogP contribution in [0.4, 0.5) is 0 Å². The smallest absolute Gasteiger partial charge is 0.223 e. The summed E-state index contributed by atoms with van der Waals surface area (Å²) in [5, 5.41) is 20.4. The minimum absolute atomic E-state index is 0.0645. The van der Waals surface area contributed by atoms with Gasteiger partial charge in [-0.25, -0.2) is 0 Å². The van der Waals surface area contributed by atoms with Crippen molar-refractivity contribution in [2.24, 2.45) is 17.8 Å². The molecular weight excluding hydrogens is 194 g/mol. The molecular formula is C11H19NO3. The molecule has 3 N–H and O–H groups in total. The summed E-state index contributed by atoms with van der Waals surface area (Å²) in [4.78, 5) is 11.8. The number of fused-ring (bicyclic) bond motifs is 2. The lowest BCUT2D eigenvalue weighted by Crippen LogP contribution is -2.39. The summed E-state index contributed by atoms with van der Waals surface area (Å²) in [5.74, 6) is 1.55. The Hall–Kier alpha value is -0.610. The summed E-state index contributed by atoms with van der Waals surface area (Å²) in [7, 11) is 0. The van der Waals surface area contributed by atoms with Crippen molar-refractivity contribution in [3.63, 3.8) is 0 Å². The molecule has 86 valence electrons. The molecule has 2 fully saturated rings. The van der Waals surface area contributed by atoms with Gasteiger partial charge in [-0.15, -0.1) is 0 Å². The third-order valence-electron chi connectivity index (χ3n) is 3.80. The third kappa shape index (κ3) is 2.32. The van der Waals surface area contributed by atoms with Crippen molar-refractivity contribution in [1.82, 2.24) is 5.32 Å². The first kappa shape index (κ1) is 10.9. The number of amides is 1. The lowest BCUT2D eigenvalue weighted by molar-refractivity contribution is -0.127. The number of carbonyl (C=O) groups is 1. The first-order valence-corrected chi connectivity index (χ1v) is 5.77. The first-order valence-electron chi connectivity index (χ1n) is 5.77. The van der Waals surface area contributed by atoms with Crippen LogP contribution in [-0.2, 0) is 4.79 Å². The van der Waals surface area contributed by atoms with E-state index in [1.54, 1.807) is 0 Å². The number of hydrogen-bond donors (Lipinski definition) is 3. The topological polar surface area (TPSA) is 69.6 Å². The minimum atomic E-state index is -0.826. The number of aliphatic hydroxyl groups is 2. The predicted octanol–water partition coefficient (Wildman–Crippen LogP) is -0.108. The van der Waals surface area contributed by atoms with E-state index >= 15 is 0 Å². The van der Waals surface area contributed by atoms with Gasteiger partial charge in [0.2, 0.25) is 5.91 Å². The van der Waals surface area contributed by atoms with Gasteiger partial charge in [-0.05, 0) is 31.1 Å². The maximum absolute atomic E-state index is 11.8. The molecule has 0 aromatic rings. The summed E-state index contributed by atoms with van der Waals surface area (Å²) in [6.07, 6.45) is 3.87. The third-order valence-corrected chi connectivity index (χ3v) is 3.80. The van der Waals surface area contributed by atoms with Crippen LogP contribution in [-0.4, -0.2) is 35.4 Å². The van der Waals surface area contributed by atoms with E-state index in [1.807, 2.05) is 0 Å². The number of nitrogens with one attached hydrogen (secondary N) is 1. The first-order chi connectivity index (χ1) is 7.20. The number of rotatable bonds is 4. The van der Waals surface area contributed by atoms with Crippen LogP contribution in [0.25, 0.3) is 0 Å². The fourth-order valence-corrected chi connectivity index (χ4v) is 2.98. The van der Waals surface area contributed by atoms with Gasteiger partial charge < -0.3 is 15.5 Å². The van der Waals surface area contributed by atoms with E-state index in [1.165, 1.54) is 19.3 Å². The largest absolute Gasteiger partial charge is 0.394 e. The summed E-state index contributed by atoms with van der Waals surface area (Å²) in [5.41, 5.74) is 0. The average molecular weight is 213 g/mol. The van der Waals surface area contributed by atoms with Gasteiger partial charge in [0.1, 0.15) is 0 Å². The van der Waals surface area contributed by atoms with E-state index in [9.17, 15) is 4.79 Å². The van der Waals surface area contributed by atoms with Crippen LogP contribution in [0.3, 0.4) is 0 Å².